The molecular formula is C12H20BrN3O. The van der Waals surface area contributed by atoms with Crippen molar-refractivity contribution in [1.82, 2.24) is 15.1 Å². The van der Waals surface area contributed by atoms with E-state index in [1.807, 2.05) is 14.0 Å². The Labute approximate surface area is 111 Å². The number of alkyl halides is 1. The number of nitrogens with one attached hydrogen (secondary N) is 1. The first-order valence-corrected chi connectivity index (χ1v) is 6.88. The molecule has 0 fully saturated rings. The number of hydrogen-bond acceptors (Lipinski definition) is 2. The first kappa shape index (κ1) is 14.2. The molecule has 4 nitrogen and oxygen atoms in total. The van der Waals surface area contributed by atoms with Crippen LogP contribution < -0.4 is 5.32 Å². The molecule has 0 aromatic carbocycles. The third-order valence-corrected chi connectivity index (χ3v) is 4.09. The fourth-order valence-corrected chi connectivity index (χ4v) is 1.65. The summed E-state index contributed by atoms with van der Waals surface area (Å²) in [6.07, 6.45) is 2.54. The Hall–Kier alpha value is -0.840. The standard InChI is InChI=1S/C12H20BrN3O/c1-5-10-9(6-16(4)15-10)11(17)14-8-12(2,3)7-13/h6H,5,7-8H2,1-4H3,(H,14,17). The molecule has 96 valence electrons. The molecule has 1 N–H and O–H groups in total. The van der Waals surface area contributed by atoms with Gasteiger partial charge in [0.1, 0.15) is 0 Å². The maximum absolute atomic E-state index is 12.0. The lowest BCUT2D eigenvalue weighted by Crippen LogP contribution is -2.35. The predicted octanol–water partition coefficient (Wildman–Crippen LogP) is 2.13. The number of hydrogen-bond donors (Lipinski definition) is 1. The summed E-state index contributed by atoms with van der Waals surface area (Å²) in [4.78, 5) is 12.0. The second kappa shape index (κ2) is 5.67. The summed E-state index contributed by atoms with van der Waals surface area (Å²) in [5.41, 5.74) is 1.59. The van der Waals surface area contributed by atoms with Crippen LogP contribution in [0.25, 0.3) is 0 Å². The molecule has 0 radical (unpaired) electrons. The van der Waals surface area contributed by atoms with Crippen molar-refractivity contribution in [3.8, 4) is 0 Å². The number of carbonyl (C=O) groups is 1. The minimum absolute atomic E-state index is 0.0380. The number of halogens is 1. The summed E-state index contributed by atoms with van der Waals surface area (Å²) in [6.45, 7) is 6.86. The van der Waals surface area contributed by atoms with Crippen LogP contribution in [0.1, 0.15) is 36.8 Å². The number of aryl methyl sites for hydroxylation is 2. The fourth-order valence-electron chi connectivity index (χ4n) is 1.45. The van der Waals surface area contributed by atoms with Crippen molar-refractivity contribution in [2.24, 2.45) is 12.5 Å². The third kappa shape index (κ3) is 3.84. The SMILES string of the molecule is CCc1nn(C)cc1C(=O)NCC(C)(C)CBr. The van der Waals surface area contributed by atoms with E-state index in [1.165, 1.54) is 0 Å². The van der Waals surface area contributed by atoms with Crippen molar-refractivity contribution in [2.75, 3.05) is 11.9 Å². The maximum atomic E-state index is 12.0. The average Bonchev–Trinajstić information content (AvgIpc) is 2.67. The van der Waals surface area contributed by atoms with E-state index in [-0.39, 0.29) is 11.3 Å². The topological polar surface area (TPSA) is 46.9 Å². The average molecular weight is 302 g/mol. The molecule has 0 aliphatic heterocycles. The highest BCUT2D eigenvalue weighted by Crippen LogP contribution is 2.17. The van der Waals surface area contributed by atoms with E-state index in [4.69, 9.17) is 0 Å². The molecule has 1 aromatic heterocycles. The van der Waals surface area contributed by atoms with Crippen LogP contribution in [-0.2, 0) is 13.5 Å². The second-order valence-electron chi connectivity index (χ2n) is 5.00. The van der Waals surface area contributed by atoms with E-state index in [0.29, 0.717) is 12.1 Å². The van der Waals surface area contributed by atoms with Gasteiger partial charge in [0.25, 0.3) is 5.91 Å². The zero-order valence-corrected chi connectivity index (χ0v) is 12.5. The van der Waals surface area contributed by atoms with Gasteiger partial charge in [-0.1, -0.05) is 36.7 Å². The van der Waals surface area contributed by atoms with E-state index < -0.39 is 0 Å². The third-order valence-electron chi connectivity index (χ3n) is 2.57. The summed E-state index contributed by atoms with van der Waals surface area (Å²) in [6, 6.07) is 0. The van der Waals surface area contributed by atoms with Gasteiger partial charge in [0.05, 0.1) is 11.3 Å². The molecule has 1 heterocycles. The first-order valence-electron chi connectivity index (χ1n) is 5.76. The van der Waals surface area contributed by atoms with Gasteiger partial charge in [-0.15, -0.1) is 0 Å². The number of carbonyl (C=O) groups excluding carboxylic acids is 1. The van der Waals surface area contributed by atoms with Crippen molar-refractivity contribution >= 4 is 21.8 Å². The van der Waals surface area contributed by atoms with Gasteiger partial charge in [-0.05, 0) is 11.8 Å². The summed E-state index contributed by atoms with van der Waals surface area (Å²) >= 11 is 3.44. The van der Waals surface area contributed by atoms with E-state index >= 15 is 0 Å². The van der Waals surface area contributed by atoms with Crippen LogP contribution >= 0.6 is 15.9 Å². The van der Waals surface area contributed by atoms with Crippen LogP contribution in [0, 0.1) is 5.41 Å². The molecule has 5 heteroatoms. The largest absolute Gasteiger partial charge is 0.351 e. The van der Waals surface area contributed by atoms with Crippen LogP contribution in [-0.4, -0.2) is 27.6 Å². The quantitative estimate of drug-likeness (QED) is 0.847. The minimum atomic E-state index is -0.0380. The van der Waals surface area contributed by atoms with Gasteiger partial charge in [-0.25, -0.2) is 0 Å². The van der Waals surface area contributed by atoms with Crippen molar-refractivity contribution in [3.05, 3.63) is 17.5 Å². The highest BCUT2D eigenvalue weighted by Gasteiger charge is 2.19. The summed E-state index contributed by atoms with van der Waals surface area (Å²) in [7, 11) is 1.83. The lowest BCUT2D eigenvalue weighted by atomic mass is 9.97. The zero-order chi connectivity index (χ0) is 13.1. The van der Waals surface area contributed by atoms with Crippen molar-refractivity contribution in [1.29, 1.82) is 0 Å². The minimum Gasteiger partial charge on any atom is -0.351 e. The smallest absolute Gasteiger partial charge is 0.254 e. The van der Waals surface area contributed by atoms with E-state index in [2.05, 4.69) is 40.2 Å². The predicted molar refractivity (Wildman–Crippen MR) is 72.5 cm³/mol. The van der Waals surface area contributed by atoms with Gasteiger partial charge >= 0.3 is 0 Å². The van der Waals surface area contributed by atoms with E-state index in [1.54, 1.807) is 10.9 Å². The van der Waals surface area contributed by atoms with Gasteiger partial charge in [0, 0.05) is 25.1 Å². The van der Waals surface area contributed by atoms with Gasteiger partial charge in [-0.3, -0.25) is 9.48 Å². The molecule has 0 saturated heterocycles. The van der Waals surface area contributed by atoms with Crippen molar-refractivity contribution < 1.29 is 4.79 Å². The molecule has 0 aliphatic carbocycles. The van der Waals surface area contributed by atoms with Gasteiger partial charge in [-0.2, -0.15) is 5.10 Å². The highest BCUT2D eigenvalue weighted by molar-refractivity contribution is 9.09. The Morgan fingerprint density at radius 2 is 2.24 bits per heavy atom. The van der Waals surface area contributed by atoms with Gasteiger partial charge < -0.3 is 5.32 Å². The normalized spacial score (nSPS) is 11.6. The Morgan fingerprint density at radius 3 is 2.76 bits per heavy atom. The second-order valence-corrected chi connectivity index (χ2v) is 5.56. The Morgan fingerprint density at radius 1 is 1.59 bits per heavy atom. The van der Waals surface area contributed by atoms with E-state index in [0.717, 1.165) is 17.4 Å². The Balaban J connectivity index is 2.70. The van der Waals surface area contributed by atoms with Crippen LogP contribution in [0.15, 0.2) is 6.20 Å². The molecule has 0 unspecified atom stereocenters. The monoisotopic (exact) mass is 301 g/mol. The number of aromatic nitrogens is 2. The van der Waals surface area contributed by atoms with Crippen LogP contribution in [0.5, 0.6) is 0 Å². The summed E-state index contributed by atoms with van der Waals surface area (Å²) in [5, 5.41) is 8.07. The number of nitrogens with zero attached hydrogens (tertiary/aromatic N) is 2. The van der Waals surface area contributed by atoms with Crippen LogP contribution in [0.4, 0.5) is 0 Å². The van der Waals surface area contributed by atoms with Gasteiger partial charge in [0.15, 0.2) is 0 Å². The first-order chi connectivity index (χ1) is 7.89. The summed E-state index contributed by atoms with van der Waals surface area (Å²) < 4.78 is 1.68. The molecule has 0 spiro atoms. The lowest BCUT2D eigenvalue weighted by Gasteiger charge is -2.21. The molecule has 0 aliphatic rings. The van der Waals surface area contributed by atoms with Crippen molar-refractivity contribution in [3.63, 3.8) is 0 Å². The molecule has 1 aromatic rings. The van der Waals surface area contributed by atoms with Crippen LogP contribution in [0.3, 0.4) is 0 Å². The number of amides is 1. The molecule has 0 bridgehead atoms. The lowest BCUT2D eigenvalue weighted by molar-refractivity contribution is 0.0939. The van der Waals surface area contributed by atoms with Crippen molar-refractivity contribution in [2.45, 2.75) is 27.2 Å². The van der Waals surface area contributed by atoms with Gasteiger partial charge in [0.2, 0.25) is 0 Å². The molecule has 0 saturated carbocycles. The molecule has 0 atom stereocenters. The molecular weight excluding hydrogens is 282 g/mol. The van der Waals surface area contributed by atoms with E-state index in [9.17, 15) is 4.79 Å². The van der Waals surface area contributed by atoms with Crippen LogP contribution in [0.2, 0.25) is 0 Å². The summed E-state index contributed by atoms with van der Waals surface area (Å²) in [5.74, 6) is -0.0380. The Kier molecular flexibility index (Phi) is 4.74. The zero-order valence-electron chi connectivity index (χ0n) is 10.9. The highest BCUT2D eigenvalue weighted by atomic mass is 79.9. The fraction of sp³-hybridized carbons (Fsp3) is 0.667. The molecule has 17 heavy (non-hydrogen) atoms. The Bertz CT molecular complexity index is 398. The maximum Gasteiger partial charge on any atom is 0.254 e. The number of rotatable bonds is 5. The molecule has 1 rings (SSSR count). The molecule has 1 amide bonds.